The van der Waals surface area contributed by atoms with Crippen molar-refractivity contribution >= 4 is 17.5 Å². The van der Waals surface area contributed by atoms with Crippen LogP contribution in [0.3, 0.4) is 0 Å². The maximum atomic E-state index is 4.49. The van der Waals surface area contributed by atoms with Gasteiger partial charge in [0, 0.05) is 18.4 Å². The Morgan fingerprint density at radius 3 is 2.82 bits per heavy atom. The smallest absolute Gasteiger partial charge is 0.229 e. The molecule has 0 atom stereocenters. The summed E-state index contributed by atoms with van der Waals surface area (Å²) >= 11 is 0. The first-order chi connectivity index (χ1) is 10.7. The number of nitrogens with one attached hydrogen (secondary N) is 2. The number of aromatic nitrogens is 2. The number of anilines is 3. The summed E-state index contributed by atoms with van der Waals surface area (Å²) in [6.07, 6.45) is 3.87. The van der Waals surface area contributed by atoms with Crippen LogP contribution in [0.15, 0.2) is 36.5 Å². The molecular weight excluding hydrogens is 274 g/mol. The highest BCUT2D eigenvalue weighted by Gasteiger charge is 2.01. The van der Waals surface area contributed by atoms with Crippen molar-refractivity contribution in [2.75, 3.05) is 37.8 Å². The second-order valence-electron chi connectivity index (χ2n) is 5.53. The normalized spacial score (nSPS) is 10.7. The van der Waals surface area contributed by atoms with Gasteiger partial charge in [-0.25, -0.2) is 4.98 Å². The standard InChI is InChI=1S/C17H25N5/c1-4-14-7-5-8-15(13-14)20-17-19-11-9-16(21-17)18-10-6-12-22(2)3/h5,7-9,11,13H,4,6,10,12H2,1-3H3,(H2,18,19,20,21). The molecule has 5 nitrogen and oxygen atoms in total. The summed E-state index contributed by atoms with van der Waals surface area (Å²) in [7, 11) is 4.16. The molecule has 0 saturated carbocycles. The first-order valence-corrected chi connectivity index (χ1v) is 7.75. The predicted molar refractivity (Wildman–Crippen MR) is 92.8 cm³/mol. The summed E-state index contributed by atoms with van der Waals surface area (Å²) in [5.41, 5.74) is 2.31. The van der Waals surface area contributed by atoms with E-state index >= 15 is 0 Å². The van der Waals surface area contributed by atoms with Gasteiger partial charge in [0.15, 0.2) is 0 Å². The molecule has 0 unspecified atom stereocenters. The van der Waals surface area contributed by atoms with Crippen LogP contribution in [0.5, 0.6) is 0 Å². The topological polar surface area (TPSA) is 53.1 Å². The van der Waals surface area contributed by atoms with Crippen molar-refractivity contribution in [2.45, 2.75) is 19.8 Å². The first kappa shape index (κ1) is 16.2. The number of hydrogen-bond donors (Lipinski definition) is 2. The number of rotatable bonds is 8. The summed E-state index contributed by atoms with van der Waals surface area (Å²) in [6, 6.07) is 10.2. The van der Waals surface area contributed by atoms with Gasteiger partial charge in [-0.2, -0.15) is 4.98 Å². The molecule has 118 valence electrons. The zero-order valence-corrected chi connectivity index (χ0v) is 13.6. The van der Waals surface area contributed by atoms with Crippen molar-refractivity contribution in [1.29, 1.82) is 0 Å². The minimum atomic E-state index is 0.617. The summed E-state index contributed by atoms with van der Waals surface area (Å²) in [4.78, 5) is 10.9. The van der Waals surface area contributed by atoms with Crippen molar-refractivity contribution in [2.24, 2.45) is 0 Å². The van der Waals surface area contributed by atoms with Gasteiger partial charge in [0.25, 0.3) is 0 Å². The number of nitrogens with zero attached hydrogens (tertiary/aromatic N) is 3. The van der Waals surface area contributed by atoms with Crippen LogP contribution in [-0.2, 0) is 6.42 Å². The van der Waals surface area contributed by atoms with Crippen LogP contribution in [-0.4, -0.2) is 42.1 Å². The molecule has 0 aliphatic heterocycles. The number of aryl methyl sites for hydroxylation is 1. The largest absolute Gasteiger partial charge is 0.370 e. The van der Waals surface area contributed by atoms with E-state index in [0.29, 0.717) is 5.95 Å². The monoisotopic (exact) mass is 299 g/mol. The minimum Gasteiger partial charge on any atom is -0.370 e. The molecule has 2 rings (SSSR count). The minimum absolute atomic E-state index is 0.617. The lowest BCUT2D eigenvalue weighted by molar-refractivity contribution is 0.405. The highest BCUT2D eigenvalue weighted by Crippen LogP contribution is 2.16. The second-order valence-corrected chi connectivity index (χ2v) is 5.53. The van der Waals surface area contributed by atoms with Gasteiger partial charge in [0.1, 0.15) is 5.82 Å². The SMILES string of the molecule is CCc1cccc(Nc2nccc(NCCCN(C)C)n2)c1. The first-order valence-electron chi connectivity index (χ1n) is 7.75. The molecule has 1 aromatic carbocycles. The Morgan fingerprint density at radius 2 is 2.05 bits per heavy atom. The zero-order chi connectivity index (χ0) is 15.8. The molecule has 1 heterocycles. The van der Waals surface area contributed by atoms with E-state index in [4.69, 9.17) is 0 Å². The Labute approximate surface area is 132 Å². The Kier molecular flexibility index (Phi) is 6.15. The lowest BCUT2D eigenvalue weighted by Gasteiger charge is -2.11. The van der Waals surface area contributed by atoms with Crippen LogP contribution in [0, 0.1) is 0 Å². The van der Waals surface area contributed by atoms with Crippen LogP contribution < -0.4 is 10.6 Å². The average Bonchev–Trinajstić information content (AvgIpc) is 2.52. The van der Waals surface area contributed by atoms with Gasteiger partial charge in [-0.3, -0.25) is 0 Å². The fourth-order valence-electron chi connectivity index (χ4n) is 2.13. The third kappa shape index (κ3) is 5.33. The average molecular weight is 299 g/mol. The van der Waals surface area contributed by atoms with Crippen molar-refractivity contribution in [3.8, 4) is 0 Å². The third-order valence-corrected chi connectivity index (χ3v) is 3.34. The molecule has 1 aromatic heterocycles. The predicted octanol–water partition coefficient (Wildman–Crippen LogP) is 3.15. The highest BCUT2D eigenvalue weighted by atomic mass is 15.1. The number of hydrogen-bond acceptors (Lipinski definition) is 5. The molecule has 0 aliphatic rings. The summed E-state index contributed by atoms with van der Waals surface area (Å²) in [5, 5.41) is 6.59. The summed E-state index contributed by atoms with van der Waals surface area (Å²) in [5.74, 6) is 1.47. The van der Waals surface area contributed by atoms with Crippen LogP contribution in [0.1, 0.15) is 18.9 Å². The molecule has 0 bridgehead atoms. The van der Waals surface area contributed by atoms with E-state index in [0.717, 1.165) is 37.4 Å². The van der Waals surface area contributed by atoms with E-state index in [1.54, 1.807) is 6.20 Å². The molecule has 0 saturated heterocycles. The highest BCUT2D eigenvalue weighted by molar-refractivity contribution is 5.55. The fraction of sp³-hybridized carbons (Fsp3) is 0.412. The summed E-state index contributed by atoms with van der Waals surface area (Å²) in [6.45, 7) is 4.11. The van der Waals surface area contributed by atoms with Gasteiger partial charge in [0.2, 0.25) is 5.95 Å². The fourth-order valence-corrected chi connectivity index (χ4v) is 2.13. The van der Waals surface area contributed by atoms with Crippen LogP contribution in [0.2, 0.25) is 0 Å². The van der Waals surface area contributed by atoms with Crippen molar-refractivity contribution in [3.05, 3.63) is 42.1 Å². The van der Waals surface area contributed by atoms with E-state index in [1.807, 2.05) is 18.2 Å². The van der Waals surface area contributed by atoms with E-state index < -0.39 is 0 Å². The van der Waals surface area contributed by atoms with Gasteiger partial charge in [-0.1, -0.05) is 19.1 Å². The van der Waals surface area contributed by atoms with Crippen LogP contribution >= 0.6 is 0 Å². The van der Waals surface area contributed by atoms with Crippen molar-refractivity contribution < 1.29 is 0 Å². The van der Waals surface area contributed by atoms with Crippen LogP contribution in [0.4, 0.5) is 17.5 Å². The lowest BCUT2D eigenvalue weighted by atomic mass is 10.1. The Hall–Kier alpha value is -2.14. The van der Waals surface area contributed by atoms with Gasteiger partial charge in [-0.15, -0.1) is 0 Å². The molecule has 0 spiro atoms. The second kappa shape index (κ2) is 8.34. The molecule has 0 amide bonds. The maximum absolute atomic E-state index is 4.49. The van der Waals surface area contributed by atoms with Gasteiger partial charge >= 0.3 is 0 Å². The van der Waals surface area contributed by atoms with Gasteiger partial charge < -0.3 is 15.5 Å². The summed E-state index contributed by atoms with van der Waals surface area (Å²) < 4.78 is 0. The zero-order valence-electron chi connectivity index (χ0n) is 13.6. The quantitative estimate of drug-likeness (QED) is 0.733. The number of benzene rings is 1. The van der Waals surface area contributed by atoms with Crippen LogP contribution in [0.25, 0.3) is 0 Å². The Balaban J connectivity index is 1.93. The maximum Gasteiger partial charge on any atom is 0.229 e. The van der Waals surface area contributed by atoms with E-state index in [9.17, 15) is 0 Å². The molecule has 0 fully saturated rings. The molecule has 22 heavy (non-hydrogen) atoms. The molecule has 5 heteroatoms. The third-order valence-electron chi connectivity index (χ3n) is 3.34. The molecule has 0 radical (unpaired) electrons. The molecule has 2 N–H and O–H groups in total. The molecular formula is C17H25N5. The Bertz CT molecular complexity index is 583. The van der Waals surface area contributed by atoms with Gasteiger partial charge in [0.05, 0.1) is 0 Å². The van der Waals surface area contributed by atoms with E-state index in [2.05, 4.69) is 58.7 Å². The van der Waals surface area contributed by atoms with E-state index in [-0.39, 0.29) is 0 Å². The van der Waals surface area contributed by atoms with E-state index in [1.165, 1.54) is 5.56 Å². The van der Waals surface area contributed by atoms with Crippen molar-refractivity contribution in [1.82, 2.24) is 14.9 Å². The molecule has 2 aromatic rings. The molecule has 0 aliphatic carbocycles. The van der Waals surface area contributed by atoms with Gasteiger partial charge in [-0.05, 0) is 57.2 Å². The lowest BCUT2D eigenvalue weighted by Crippen LogP contribution is -2.16. The Morgan fingerprint density at radius 1 is 1.18 bits per heavy atom. The van der Waals surface area contributed by atoms with Crippen molar-refractivity contribution in [3.63, 3.8) is 0 Å².